The molecule has 0 bridgehead atoms. The number of hydrogen-bond acceptors (Lipinski definition) is 5. The molecule has 1 saturated heterocycles. The maximum Gasteiger partial charge on any atom is 0.339 e. The number of carbonyl (C=O) groups is 2. The summed E-state index contributed by atoms with van der Waals surface area (Å²) in [5.74, 6) is 0.129. The largest absolute Gasteiger partial charge is 0.487 e. The minimum absolute atomic E-state index is 0.142. The van der Waals surface area contributed by atoms with Crippen LogP contribution in [0.4, 0.5) is 0 Å². The van der Waals surface area contributed by atoms with Gasteiger partial charge in [-0.2, -0.15) is 0 Å². The first-order chi connectivity index (χ1) is 14.2. The van der Waals surface area contributed by atoms with Crippen molar-refractivity contribution in [2.24, 2.45) is 5.73 Å². The lowest BCUT2D eigenvalue weighted by atomic mass is 9.92. The zero-order chi connectivity index (χ0) is 21.6. The first-order valence-electron chi connectivity index (χ1n) is 10.5. The van der Waals surface area contributed by atoms with Gasteiger partial charge in [-0.15, -0.1) is 0 Å². The van der Waals surface area contributed by atoms with Gasteiger partial charge in [-0.1, -0.05) is 0 Å². The van der Waals surface area contributed by atoms with Crippen LogP contribution in [0.1, 0.15) is 56.2 Å². The molecular formula is C23H28N2O5. The highest BCUT2D eigenvalue weighted by atomic mass is 16.5. The van der Waals surface area contributed by atoms with Crippen LogP contribution in [0.2, 0.25) is 0 Å². The van der Waals surface area contributed by atoms with Gasteiger partial charge in [0.2, 0.25) is 11.8 Å². The number of likely N-dealkylation sites (tertiary alicyclic amines) is 1. The van der Waals surface area contributed by atoms with Gasteiger partial charge in [0.1, 0.15) is 23.0 Å². The fourth-order valence-corrected chi connectivity index (χ4v) is 4.56. The van der Waals surface area contributed by atoms with E-state index in [0.717, 1.165) is 41.5 Å². The van der Waals surface area contributed by atoms with Crippen LogP contribution in [0.5, 0.6) is 5.75 Å². The summed E-state index contributed by atoms with van der Waals surface area (Å²) in [4.78, 5) is 38.4. The second kappa shape index (κ2) is 7.45. The van der Waals surface area contributed by atoms with E-state index in [1.165, 1.54) is 4.90 Å². The first kappa shape index (κ1) is 20.4. The lowest BCUT2D eigenvalue weighted by Crippen LogP contribution is -2.43. The van der Waals surface area contributed by atoms with E-state index >= 15 is 0 Å². The molecule has 7 nitrogen and oxygen atoms in total. The predicted molar refractivity (Wildman–Crippen MR) is 112 cm³/mol. The molecule has 2 aliphatic rings. The van der Waals surface area contributed by atoms with Crippen LogP contribution in [0.25, 0.3) is 11.0 Å². The number of rotatable bonds is 4. The van der Waals surface area contributed by atoms with Crippen molar-refractivity contribution < 1.29 is 18.7 Å². The molecule has 1 aromatic heterocycles. The van der Waals surface area contributed by atoms with Crippen LogP contribution in [-0.2, 0) is 22.4 Å². The SMILES string of the molecule is Cc1c(CCC(=O)N2CCC[C@@H]2C(N)=O)c(=O)oc2cc3c(cc12)CCC(C)(C)O3. The number of ether oxygens (including phenoxy) is 1. The average molecular weight is 412 g/mol. The van der Waals surface area contributed by atoms with E-state index in [1.807, 2.05) is 26.8 Å². The van der Waals surface area contributed by atoms with E-state index < -0.39 is 17.6 Å². The van der Waals surface area contributed by atoms with Crippen molar-refractivity contribution in [2.75, 3.05) is 6.54 Å². The fraction of sp³-hybridized carbons (Fsp3) is 0.522. The molecule has 0 spiro atoms. The van der Waals surface area contributed by atoms with Crippen LogP contribution >= 0.6 is 0 Å². The predicted octanol–water partition coefficient (Wildman–Crippen LogP) is 2.61. The summed E-state index contributed by atoms with van der Waals surface area (Å²) in [5, 5.41) is 0.871. The number of benzene rings is 1. The molecule has 2 N–H and O–H groups in total. The molecular weight excluding hydrogens is 384 g/mol. The molecule has 30 heavy (non-hydrogen) atoms. The Bertz CT molecular complexity index is 1090. The third-order valence-corrected chi connectivity index (χ3v) is 6.34. The summed E-state index contributed by atoms with van der Waals surface area (Å²) in [6, 6.07) is 3.30. The van der Waals surface area contributed by atoms with Gasteiger partial charge in [0, 0.05) is 30.0 Å². The number of carbonyl (C=O) groups excluding carboxylic acids is 2. The van der Waals surface area contributed by atoms with Crippen LogP contribution in [0, 0.1) is 6.92 Å². The van der Waals surface area contributed by atoms with Gasteiger partial charge < -0.3 is 19.8 Å². The fourth-order valence-electron chi connectivity index (χ4n) is 4.56. The Morgan fingerprint density at radius 2 is 2.07 bits per heavy atom. The van der Waals surface area contributed by atoms with Crippen LogP contribution < -0.4 is 16.1 Å². The van der Waals surface area contributed by atoms with Crippen LogP contribution in [0.3, 0.4) is 0 Å². The molecule has 1 aromatic carbocycles. The summed E-state index contributed by atoms with van der Waals surface area (Å²) in [6.07, 6.45) is 3.59. The molecule has 0 unspecified atom stereocenters. The molecule has 0 saturated carbocycles. The van der Waals surface area contributed by atoms with Gasteiger partial charge in [-0.05, 0) is 70.1 Å². The van der Waals surface area contributed by atoms with E-state index in [4.69, 9.17) is 14.9 Å². The second-order valence-corrected chi connectivity index (χ2v) is 8.96. The Labute approximate surface area is 175 Å². The molecule has 2 aromatic rings. The van der Waals surface area contributed by atoms with Crippen molar-refractivity contribution in [3.63, 3.8) is 0 Å². The molecule has 0 radical (unpaired) electrons. The highest BCUT2D eigenvalue weighted by Crippen LogP contribution is 2.36. The number of nitrogens with zero attached hydrogens (tertiary/aromatic N) is 1. The Morgan fingerprint density at radius 1 is 1.30 bits per heavy atom. The van der Waals surface area contributed by atoms with E-state index in [1.54, 1.807) is 6.07 Å². The molecule has 1 atom stereocenters. The first-order valence-corrected chi connectivity index (χ1v) is 10.5. The second-order valence-electron chi connectivity index (χ2n) is 8.96. The summed E-state index contributed by atoms with van der Waals surface area (Å²) in [6.45, 7) is 6.51. The minimum Gasteiger partial charge on any atom is -0.487 e. The van der Waals surface area contributed by atoms with Gasteiger partial charge in [0.25, 0.3) is 0 Å². The van der Waals surface area contributed by atoms with E-state index in [9.17, 15) is 14.4 Å². The number of fused-ring (bicyclic) bond motifs is 2. The van der Waals surface area contributed by atoms with E-state index in [0.29, 0.717) is 24.1 Å². The number of amides is 2. The van der Waals surface area contributed by atoms with Gasteiger partial charge >= 0.3 is 5.63 Å². The maximum absolute atomic E-state index is 12.6. The van der Waals surface area contributed by atoms with Crippen molar-refractivity contribution in [3.8, 4) is 5.75 Å². The lowest BCUT2D eigenvalue weighted by molar-refractivity contribution is -0.137. The smallest absolute Gasteiger partial charge is 0.339 e. The summed E-state index contributed by atoms with van der Waals surface area (Å²) < 4.78 is 11.6. The highest BCUT2D eigenvalue weighted by Gasteiger charge is 2.32. The average Bonchev–Trinajstić information content (AvgIpc) is 3.16. The number of aryl methyl sites for hydroxylation is 2. The van der Waals surface area contributed by atoms with Crippen molar-refractivity contribution in [3.05, 3.63) is 39.2 Å². The normalized spacial score (nSPS) is 20.1. The van der Waals surface area contributed by atoms with Gasteiger partial charge in [0.15, 0.2) is 0 Å². The van der Waals surface area contributed by atoms with Crippen LogP contribution in [0.15, 0.2) is 21.3 Å². The number of primary amides is 1. The standard InChI is InChI=1S/C23H28N2O5/c1-13-15(6-7-20(26)25-10-4-5-17(25)21(24)27)22(28)29-19-12-18-14(11-16(13)19)8-9-23(2,3)30-18/h11-12,17H,4-10H2,1-3H3,(H2,24,27)/t17-/m1/s1. The topological polar surface area (TPSA) is 103 Å². The lowest BCUT2D eigenvalue weighted by Gasteiger charge is -2.32. The molecule has 2 amide bonds. The maximum atomic E-state index is 12.6. The summed E-state index contributed by atoms with van der Waals surface area (Å²) in [5.41, 5.74) is 7.66. The van der Waals surface area contributed by atoms with Gasteiger partial charge in [0.05, 0.1) is 0 Å². The molecule has 2 aliphatic heterocycles. The van der Waals surface area contributed by atoms with Gasteiger partial charge in [-0.25, -0.2) is 4.79 Å². The third-order valence-electron chi connectivity index (χ3n) is 6.34. The summed E-state index contributed by atoms with van der Waals surface area (Å²) >= 11 is 0. The molecule has 1 fully saturated rings. The molecule has 160 valence electrons. The molecule has 3 heterocycles. The van der Waals surface area contributed by atoms with E-state index in [2.05, 4.69) is 0 Å². The van der Waals surface area contributed by atoms with Crippen molar-refractivity contribution in [1.82, 2.24) is 4.90 Å². The monoisotopic (exact) mass is 412 g/mol. The van der Waals surface area contributed by atoms with Crippen molar-refractivity contribution in [2.45, 2.75) is 70.9 Å². The van der Waals surface area contributed by atoms with Gasteiger partial charge in [-0.3, -0.25) is 9.59 Å². The van der Waals surface area contributed by atoms with E-state index in [-0.39, 0.29) is 24.3 Å². The molecule has 0 aliphatic carbocycles. The van der Waals surface area contributed by atoms with Crippen molar-refractivity contribution >= 4 is 22.8 Å². The zero-order valence-electron chi connectivity index (χ0n) is 17.7. The minimum atomic E-state index is -0.539. The Balaban J connectivity index is 1.60. The van der Waals surface area contributed by atoms with Crippen LogP contribution in [-0.4, -0.2) is 34.9 Å². The quantitative estimate of drug-likeness (QED) is 0.778. The zero-order valence-corrected chi connectivity index (χ0v) is 17.7. The Morgan fingerprint density at radius 3 is 2.80 bits per heavy atom. The highest BCUT2D eigenvalue weighted by molar-refractivity contribution is 5.87. The third kappa shape index (κ3) is 3.68. The number of nitrogens with two attached hydrogens (primary N) is 1. The summed E-state index contributed by atoms with van der Waals surface area (Å²) in [7, 11) is 0. The molecule has 7 heteroatoms. The Kier molecular flexibility index (Phi) is 5.08. The Hall–Kier alpha value is -2.83. The molecule has 4 rings (SSSR count). The number of hydrogen-bond donors (Lipinski definition) is 1. The van der Waals surface area contributed by atoms with Crippen molar-refractivity contribution in [1.29, 1.82) is 0 Å².